The van der Waals surface area contributed by atoms with E-state index in [0.717, 1.165) is 11.3 Å². The number of piperazine rings is 1. The minimum atomic E-state index is -0.562. The number of nitrogens with one attached hydrogen (secondary N) is 3. The smallest absolute Gasteiger partial charge is 0.243 e. The molecular formula is C15H16N4O2. The van der Waals surface area contributed by atoms with Crippen LogP contribution in [-0.2, 0) is 22.4 Å². The highest BCUT2D eigenvalue weighted by atomic mass is 16.2. The Labute approximate surface area is 122 Å². The average molecular weight is 284 g/mol. The van der Waals surface area contributed by atoms with Crippen molar-refractivity contribution in [3.63, 3.8) is 0 Å². The Bertz CT molecular complexity index is 624. The zero-order valence-corrected chi connectivity index (χ0v) is 11.4. The lowest BCUT2D eigenvalue weighted by molar-refractivity contribution is -0.136. The first kappa shape index (κ1) is 13.4. The number of nitrogens with zero attached hydrogens (tertiary/aromatic N) is 1. The highest BCUT2D eigenvalue weighted by molar-refractivity contribution is 5.97. The molecule has 0 bridgehead atoms. The van der Waals surface area contributed by atoms with Gasteiger partial charge in [-0.3, -0.25) is 9.59 Å². The molecule has 0 saturated carbocycles. The third-order valence-electron chi connectivity index (χ3n) is 3.52. The van der Waals surface area contributed by atoms with E-state index >= 15 is 0 Å². The van der Waals surface area contributed by atoms with Gasteiger partial charge in [0.15, 0.2) is 0 Å². The molecule has 2 heterocycles. The van der Waals surface area contributed by atoms with Crippen LogP contribution in [0.1, 0.15) is 11.3 Å². The van der Waals surface area contributed by atoms with Crippen LogP contribution in [0.15, 0.2) is 42.9 Å². The summed E-state index contributed by atoms with van der Waals surface area (Å²) in [5, 5.41) is 5.56. The van der Waals surface area contributed by atoms with Crippen molar-refractivity contribution in [3.05, 3.63) is 54.1 Å². The van der Waals surface area contributed by atoms with E-state index in [2.05, 4.69) is 20.6 Å². The van der Waals surface area contributed by atoms with Crippen molar-refractivity contribution in [1.29, 1.82) is 0 Å². The Balaban J connectivity index is 1.64. The normalized spacial score (nSPS) is 21.7. The van der Waals surface area contributed by atoms with Crippen molar-refractivity contribution in [2.24, 2.45) is 0 Å². The maximum Gasteiger partial charge on any atom is 0.243 e. The van der Waals surface area contributed by atoms with Crippen LogP contribution in [0.25, 0.3) is 0 Å². The van der Waals surface area contributed by atoms with Crippen LogP contribution in [-0.4, -0.2) is 33.9 Å². The minimum absolute atomic E-state index is 0.154. The highest BCUT2D eigenvalue weighted by Crippen LogP contribution is 2.09. The van der Waals surface area contributed by atoms with E-state index in [1.807, 2.05) is 30.3 Å². The molecule has 6 nitrogen and oxygen atoms in total. The number of rotatable bonds is 4. The summed E-state index contributed by atoms with van der Waals surface area (Å²) in [4.78, 5) is 31.1. The number of amides is 2. The Morgan fingerprint density at radius 3 is 2.24 bits per heavy atom. The lowest BCUT2D eigenvalue weighted by Gasteiger charge is -2.29. The lowest BCUT2D eigenvalue weighted by atomic mass is 10.0. The molecule has 1 aromatic carbocycles. The van der Waals surface area contributed by atoms with Gasteiger partial charge in [-0.1, -0.05) is 30.3 Å². The summed E-state index contributed by atoms with van der Waals surface area (Å²) in [6, 6.07) is 8.55. The number of aromatic nitrogens is 2. The van der Waals surface area contributed by atoms with Crippen LogP contribution in [0.3, 0.4) is 0 Å². The van der Waals surface area contributed by atoms with E-state index in [4.69, 9.17) is 0 Å². The van der Waals surface area contributed by atoms with Gasteiger partial charge >= 0.3 is 0 Å². The summed E-state index contributed by atoms with van der Waals surface area (Å²) in [7, 11) is 0. The first-order chi connectivity index (χ1) is 10.2. The van der Waals surface area contributed by atoms with E-state index in [9.17, 15) is 9.59 Å². The molecule has 1 saturated heterocycles. The Kier molecular flexibility index (Phi) is 3.68. The quantitative estimate of drug-likeness (QED) is 0.748. The van der Waals surface area contributed by atoms with Crippen molar-refractivity contribution < 1.29 is 9.59 Å². The van der Waals surface area contributed by atoms with Gasteiger partial charge in [0.2, 0.25) is 11.8 Å². The maximum absolute atomic E-state index is 12.1. The van der Waals surface area contributed by atoms with Gasteiger partial charge in [-0.2, -0.15) is 0 Å². The Hall–Kier alpha value is -2.63. The predicted molar refractivity (Wildman–Crippen MR) is 76.3 cm³/mol. The number of imidazole rings is 1. The zero-order chi connectivity index (χ0) is 14.7. The van der Waals surface area contributed by atoms with Crippen molar-refractivity contribution in [3.8, 4) is 0 Å². The number of aromatic amines is 1. The molecule has 1 aliphatic rings. The highest BCUT2D eigenvalue weighted by Gasteiger charge is 2.33. The first-order valence-corrected chi connectivity index (χ1v) is 6.85. The summed E-state index contributed by atoms with van der Waals surface area (Å²) in [5.41, 5.74) is 1.76. The fraction of sp³-hybridized carbons (Fsp3) is 0.267. The van der Waals surface area contributed by atoms with Gasteiger partial charge < -0.3 is 15.6 Å². The second-order valence-electron chi connectivity index (χ2n) is 5.08. The SMILES string of the molecule is O=C1N[C@H](Cc2c[nH]cn2)C(=O)NC1Cc1ccccc1. The summed E-state index contributed by atoms with van der Waals surface area (Å²) in [5.74, 6) is -0.322. The maximum atomic E-state index is 12.1. The standard InChI is InChI=1S/C15H16N4O2/c20-14-12(6-10-4-2-1-3-5-10)18-15(21)13(19-14)7-11-8-16-9-17-11/h1-5,8-9,12-13H,6-7H2,(H,16,17)(H,18,21)(H,19,20)/t12?,13-/m1/s1. The number of benzene rings is 1. The number of carbonyl (C=O) groups excluding carboxylic acids is 2. The molecule has 1 fully saturated rings. The lowest BCUT2D eigenvalue weighted by Crippen LogP contribution is -2.62. The molecular weight excluding hydrogens is 268 g/mol. The molecule has 0 radical (unpaired) electrons. The first-order valence-electron chi connectivity index (χ1n) is 6.85. The molecule has 1 aliphatic heterocycles. The fourth-order valence-corrected chi connectivity index (χ4v) is 2.42. The third kappa shape index (κ3) is 3.10. The van der Waals surface area contributed by atoms with E-state index in [-0.39, 0.29) is 11.8 Å². The van der Waals surface area contributed by atoms with Gasteiger partial charge in [-0.25, -0.2) is 4.98 Å². The topological polar surface area (TPSA) is 86.9 Å². The van der Waals surface area contributed by atoms with Gasteiger partial charge in [0.1, 0.15) is 12.1 Å². The fourth-order valence-electron chi connectivity index (χ4n) is 2.42. The number of H-pyrrole nitrogens is 1. The van der Waals surface area contributed by atoms with Gasteiger partial charge in [0.05, 0.1) is 12.0 Å². The molecule has 1 unspecified atom stereocenters. The molecule has 2 aromatic rings. The minimum Gasteiger partial charge on any atom is -0.351 e. The molecule has 0 aliphatic carbocycles. The molecule has 3 N–H and O–H groups in total. The molecule has 1 aromatic heterocycles. The van der Waals surface area contributed by atoms with Crippen LogP contribution in [0.2, 0.25) is 0 Å². The molecule has 0 spiro atoms. The van der Waals surface area contributed by atoms with E-state index in [0.29, 0.717) is 12.8 Å². The van der Waals surface area contributed by atoms with Crippen LogP contribution in [0, 0.1) is 0 Å². The van der Waals surface area contributed by atoms with Crippen LogP contribution in [0.4, 0.5) is 0 Å². The molecule has 21 heavy (non-hydrogen) atoms. The van der Waals surface area contributed by atoms with E-state index in [1.165, 1.54) is 0 Å². The second kappa shape index (κ2) is 5.78. The predicted octanol–water partition coefficient (Wildman–Crippen LogP) is 0.178. The molecule has 108 valence electrons. The summed E-state index contributed by atoms with van der Waals surface area (Å²) < 4.78 is 0. The zero-order valence-electron chi connectivity index (χ0n) is 11.4. The van der Waals surface area contributed by atoms with Gasteiger partial charge in [0, 0.05) is 19.0 Å². The monoisotopic (exact) mass is 284 g/mol. The Morgan fingerprint density at radius 2 is 1.62 bits per heavy atom. The third-order valence-corrected chi connectivity index (χ3v) is 3.52. The van der Waals surface area contributed by atoms with Crippen molar-refractivity contribution in [2.45, 2.75) is 24.9 Å². The summed E-state index contributed by atoms with van der Waals surface area (Å²) in [6.07, 6.45) is 4.15. The van der Waals surface area contributed by atoms with Gasteiger partial charge in [-0.05, 0) is 5.56 Å². The van der Waals surface area contributed by atoms with Crippen molar-refractivity contribution in [2.75, 3.05) is 0 Å². The second-order valence-corrected chi connectivity index (χ2v) is 5.08. The number of hydrogen-bond donors (Lipinski definition) is 3. The molecule has 3 rings (SSSR count). The van der Waals surface area contributed by atoms with Crippen molar-refractivity contribution >= 4 is 11.8 Å². The Morgan fingerprint density at radius 1 is 0.952 bits per heavy atom. The molecule has 2 amide bonds. The van der Waals surface area contributed by atoms with E-state index < -0.39 is 12.1 Å². The van der Waals surface area contributed by atoms with E-state index in [1.54, 1.807) is 12.5 Å². The van der Waals surface area contributed by atoms with Crippen LogP contribution >= 0.6 is 0 Å². The number of carbonyl (C=O) groups is 2. The van der Waals surface area contributed by atoms with Crippen LogP contribution in [0.5, 0.6) is 0 Å². The number of hydrogen-bond acceptors (Lipinski definition) is 3. The average Bonchev–Trinajstić information content (AvgIpc) is 2.98. The van der Waals surface area contributed by atoms with Gasteiger partial charge in [0.25, 0.3) is 0 Å². The van der Waals surface area contributed by atoms with Gasteiger partial charge in [-0.15, -0.1) is 0 Å². The van der Waals surface area contributed by atoms with Crippen LogP contribution < -0.4 is 10.6 Å². The largest absolute Gasteiger partial charge is 0.351 e. The van der Waals surface area contributed by atoms with Crippen molar-refractivity contribution in [1.82, 2.24) is 20.6 Å². The molecule has 6 heteroatoms. The summed E-state index contributed by atoms with van der Waals surface area (Å²) >= 11 is 0. The molecule has 2 atom stereocenters. The summed E-state index contributed by atoms with van der Waals surface area (Å²) in [6.45, 7) is 0.